The van der Waals surface area contributed by atoms with Crippen LogP contribution in [0.4, 0.5) is 0 Å². The van der Waals surface area contributed by atoms with E-state index in [9.17, 15) is 9.59 Å². The molecule has 4 aromatic rings. The molecule has 38 heavy (non-hydrogen) atoms. The molecule has 0 aliphatic carbocycles. The van der Waals surface area contributed by atoms with Gasteiger partial charge in [0, 0.05) is 4.90 Å². The molecular formula is C30H26N2O4S2. The number of thiazole rings is 1. The van der Waals surface area contributed by atoms with Gasteiger partial charge in [-0.05, 0) is 60.2 Å². The van der Waals surface area contributed by atoms with Gasteiger partial charge in [0.25, 0.3) is 5.56 Å². The molecule has 6 nitrogen and oxygen atoms in total. The first-order valence-corrected chi connectivity index (χ1v) is 14.0. The van der Waals surface area contributed by atoms with Gasteiger partial charge in [-0.1, -0.05) is 65.9 Å². The number of fused-ring (bicyclic) bond motifs is 1. The van der Waals surface area contributed by atoms with Crippen LogP contribution in [-0.2, 0) is 16.1 Å². The Morgan fingerprint density at radius 3 is 2.42 bits per heavy atom. The summed E-state index contributed by atoms with van der Waals surface area (Å²) in [6.45, 7) is 1.93. The lowest BCUT2D eigenvalue weighted by Crippen LogP contribution is -2.39. The number of nitrogens with zero attached hydrogens (tertiary/aromatic N) is 2. The highest BCUT2D eigenvalue weighted by Gasteiger charge is 2.33. The van der Waals surface area contributed by atoms with Crippen molar-refractivity contribution in [2.45, 2.75) is 24.5 Å². The Labute approximate surface area is 228 Å². The maximum absolute atomic E-state index is 13.8. The summed E-state index contributed by atoms with van der Waals surface area (Å²) < 4.78 is 13.1. The van der Waals surface area contributed by atoms with Gasteiger partial charge in [-0.15, -0.1) is 11.8 Å². The summed E-state index contributed by atoms with van der Waals surface area (Å²) in [5, 5.41) is 0. The van der Waals surface area contributed by atoms with Crippen molar-refractivity contribution in [2.75, 3.05) is 13.4 Å². The number of methoxy groups -OCH3 is 1. The van der Waals surface area contributed by atoms with Crippen molar-refractivity contribution in [2.24, 2.45) is 4.99 Å². The predicted molar refractivity (Wildman–Crippen MR) is 151 cm³/mol. The highest BCUT2D eigenvalue weighted by atomic mass is 32.2. The molecule has 1 aliphatic rings. The Morgan fingerprint density at radius 1 is 1.05 bits per heavy atom. The van der Waals surface area contributed by atoms with Crippen molar-refractivity contribution in [1.82, 2.24) is 4.57 Å². The van der Waals surface area contributed by atoms with E-state index in [0.717, 1.165) is 27.3 Å². The number of benzene rings is 3. The molecule has 1 aromatic heterocycles. The molecule has 8 heteroatoms. The SMILES string of the molecule is COc1ccc(C=c2sc3n(c2=O)C(c2ccc(SC)cc2)C(C(=O)OCc2ccccc2)=C(C)N=3)cc1. The number of carbonyl (C=O) groups is 1. The quantitative estimate of drug-likeness (QED) is 0.250. The molecule has 0 spiro atoms. The number of thioether (sulfide) groups is 1. The maximum Gasteiger partial charge on any atom is 0.338 e. The average molecular weight is 543 g/mol. The van der Waals surface area contributed by atoms with Crippen LogP contribution < -0.4 is 19.6 Å². The Balaban J connectivity index is 1.60. The number of hydrogen-bond acceptors (Lipinski definition) is 7. The summed E-state index contributed by atoms with van der Waals surface area (Å²) in [6, 6.07) is 24.3. The molecule has 0 N–H and O–H groups in total. The third-order valence-corrected chi connectivity index (χ3v) is 8.03. The van der Waals surface area contributed by atoms with Crippen molar-refractivity contribution in [3.8, 4) is 5.75 Å². The van der Waals surface area contributed by atoms with Gasteiger partial charge in [0.15, 0.2) is 4.80 Å². The summed E-state index contributed by atoms with van der Waals surface area (Å²) in [4.78, 5) is 33.6. The number of ether oxygens (including phenoxy) is 2. The van der Waals surface area contributed by atoms with Crippen molar-refractivity contribution in [3.63, 3.8) is 0 Å². The summed E-state index contributed by atoms with van der Waals surface area (Å²) in [5.41, 5.74) is 3.28. The molecule has 0 fully saturated rings. The van der Waals surface area contributed by atoms with Crippen LogP contribution in [0.25, 0.3) is 6.08 Å². The average Bonchev–Trinajstić information content (AvgIpc) is 3.26. The Morgan fingerprint density at radius 2 is 1.76 bits per heavy atom. The number of aromatic nitrogens is 1. The lowest BCUT2D eigenvalue weighted by molar-refractivity contribution is -0.140. The summed E-state index contributed by atoms with van der Waals surface area (Å²) in [5.74, 6) is 0.255. The van der Waals surface area contributed by atoms with Gasteiger partial charge in [0.05, 0.1) is 29.0 Å². The third-order valence-electron chi connectivity index (χ3n) is 6.30. The molecule has 0 saturated carbocycles. The molecule has 5 rings (SSSR count). The van der Waals surface area contributed by atoms with Crippen LogP contribution in [-0.4, -0.2) is 23.9 Å². The molecule has 0 amide bonds. The summed E-state index contributed by atoms with van der Waals surface area (Å²) in [6.07, 6.45) is 3.84. The molecule has 3 aromatic carbocycles. The number of hydrogen-bond donors (Lipinski definition) is 0. The van der Waals surface area contributed by atoms with Gasteiger partial charge in [-0.25, -0.2) is 9.79 Å². The van der Waals surface area contributed by atoms with Crippen LogP contribution >= 0.6 is 23.1 Å². The van der Waals surface area contributed by atoms with Crippen LogP contribution in [0, 0.1) is 0 Å². The fraction of sp³-hybridized carbons (Fsp3) is 0.167. The first-order valence-electron chi connectivity index (χ1n) is 12.0. The molecule has 1 atom stereocenters. The monoisotopic (exact) mass is 542 g/mol. The molecule has 1 aliphatic heterocycles. The zero-order valence-corrected chi connectivity index (χ0v) is 22.8. The highest BCUT2D eigenvalue weighted by molar-refractivity contribution is 7.98. The van der Waals surface area contributed by atoms with Crippen LogP contribution in [0.1, 0.15) is 29.7 Å². The minimum absolute atomic E-state index is 0.135. The zero-order valence-electron chi connectivity index (χ0n) is 21.2. The standard InChI is InChI=1S/C30H26N2O4S2/c1-19-26(29(34)36-18-21-7-5-4-6-8-21)27(22-11-15-24(37-3)16-12-22)32-28(33)25(38-30(32)31-19)17-20-9-13-23(35-2)14-10-20/h4-17,27H,18H2,1-3H3. The van der Waals surface area contributed by atoms with Crippen molar-refractivity contribution in [3.05, 3.63) is 127 Å². The number of allylic oxidation sites excluding steroid dienone is 1. The van der Waals surface area contributed by atoms with E-state index in [4.69, 9.17) is 9.47 Å². The highest BCUT2D eigenvalue weighted by Crippen LogP contribution is 2.32. The minimum Gasteiger partial charge on any atom is -0.497 e. The second-order valence-corrected chi connectivity index (χ2v) is 10.6. The predicted octanol–water partition coefficient (Wildman–Crippen LogP) is 4.71. The Hall–Kier alpha value is -3.88. The van der Waals surface area contributed by atoms with Gasteiger partial charge >= 0.3 is 5.97 Å². The summed E-state index contributed by atoms with van der Waals surface area (Å²) >= 11 is 2.94. The number of esters is 1. The fourth-order valence-electron chi connectivity index (χ4n) is 4.34. The van der Waals surface area contributed by atoms with Gasteiger partial charge < -0.3 is 9.47 Å². The topological polar surface area (TPSA) is 69.9 Å². The first kappa shape index (κ1) is 25.8. The van der Waals surface area contributed by atoms with E-state index in [-0.39, 0.29) is 12.2 Å². The van der Waals surface area contributed by atoms with Crippen LogP contribution in [0.15, 0.2) is 105 Å². The lowest BCUT2D eigenvalue weighted by atomic mass is 9.96. The Kier molecular flexibility index (Phi) is 7.62. The lowest BCUT2D eigenvalue weighted by Gasteiger charge is -2.25. The Bertz CT molecular complexity index is 1670. The molecule has 192 valence electrons. The van der Waals surface area contributed by atoms with Gasteiger partial charge in [-0.3, -0.25) is 9.36 Å². The molecule has 0 saturated heterocycles. The van der Waals surface area contributed by atoms with E-state index in [1.807, 2.05) is 91.2 Å². The van der Waals surface area contributed by atoms with Crippen LogP contribution in [0.5, 0.6) is 5.75 Å². The molecule has 1 unspecified atom stereocenters. The minimum atomic E-state index is -0.650. The van der Waals surface area contributed by atoms with Gasteiger partial charge in [0.1, 0.15) is 12.4 Å². The first-order chi connectivity index (χ1) is 18.5. The van der Waals surface area contributed by atoms with E-state index >= 15 is 0 Å². The van der Waals surface area contributed by atoms with Gasteiger partial charge in [-0.2, -0.15) is 0 Å². The normalized spacial score (nSPS) is 15.1. The van der Waals surface area contributed by atoms with E-state index < -0.39 is 12.0 Å². The van der Waals surface area contributed by atoms with E-state index in [0.29, 0.717) is 20.6 Å². The molecule has 0 radical (unpaired) electrons. The van der Waals surface area contributed by atoms with Gasteiger partial charge in [0.2, 0.25) is 0 Å². The molecular weight excluding hydrogens is 516 g/mol. The zero-order chi connectivity index (χ0) is 26.6. The van der Waals surface area contributed by atoms with E-state index in [1.165, 1.54) is 11.3 Å². The smallest absolute Gasteiger partial charge is 0.338 e. The van der Waals surface area contributed by atoms with Crippen molar-refractivity contribution in [1.29, 1.82) is 0 Å². The van der Waals surface area contributed by atoms with E-state index in [2.05, 4.69) is 4.99 Å². The maximum atomic E-state index is 13.8. The fourth-order valence-corrected chi connectivity index (χ4v) is 5.79. The number of carbonyl (C=O) groups excluding carboxylic acids is 1. The second-order valence-electron chi connectivity index (χ2n) is 8.69. The van der Waals surface area contributed by atoms with Crippen LogP contribution in [0.3, 0.4) is 0 Å². The van der Waals surface area contributed by atoms with Crippen molar-refractivity contribution >= 4 is 35.1 Å². The third kappa shape index (κ3) is 5.23. The molecule has 0 bridgehead atoms. The number of rotatable bonds is 7. The second kappa shape index (κ2) is 11.2. The molecule has 2 heterocycles. The largest absolute Gasteiger partial charge is 0.497 e. The van der Waals surface area contributed by atoms with Crippen LogP contribution in [0.2, 0.25) is 0 Å². The van der Waals surface area contributed by atoms with E-state index in [1.54, 1.807) is 30.4 Å². The van der Waals surface area contributed by atoms with Crippen molar-refractivity contribution < 1.29 is 14.3 Å². The summed E-state index contributed by atoms with van der Waals surface area (Å²) in [7, 11) is 1.61.